The van der Waals surface area contributed by atoms with E-state index in [0.29, 0.717) is 17.1 Å². The van der Waals surface area contributed by atoms with Crippen LogP contribution in [0.25, 0.3) is 11.2 Å². The molecule has 0 unspecified atom stereocenters. The van der Waals surface area contributed by atoms with Crippen molar-refractivity contribution in [3.63, 3.8) is 0 Å². The first-order chi connectivity index (χ1) is 10.7. The van der Waals surface area contributed by atoms with Gasteiger partial charge in [-0.25, -0.2) is 9.55 Å². The topological polar surface area (TPSA) is 68.0 Å². The van der Waals surface area contributed by atoms with Crippen LogP contribution in [-0.2, 0) is 7.05 Å². The van der Waals surface area contributed by atoms with Gasteiger partial charge in [0.15, 0.2) is 17.0 Å². The van der Waals surface area contributed by atoms with Crippen LogP contribution in [0.3, 0.4) is 0 Å². The molecule has 2 aromatic heterocycles. The first-order valence-corrected chi connectivity index (χ1v) is 7.02. The zero-order valence-electron chi connectivity index (χ0n) is 12.6. The lowest BCUT2D eigenvalue weighted by Gasteiger charge is -2.27. The van der Waals surface area contributed by atoms with Gasteiger partial charge in [-0.05, 0) is 12.8 Å². The fraction of sp³-hybridized carbons (Fsp3) is 0.400. The smallest absolute Gasteiger partial charge is 0.281 e. The molecule has 0 aromatic carbocycles. The van der Waals surface area contributed by atoms with Gasteiger partial charge in [0.1, 0.15) is 0 Å². The van der Waals surface area contributed by atoms with E-state index >= 15 is 0 Å². The fourth-order valence-corrected chi connectivity index (χ4v) is 2.52. The number of fused-ring (bicyclic) bond motifs is 1. The Morgan fingerprint density at radius 3 is 2.64 bits per heavy atom. The predicted molar refractivity (Wildman–Crippen MR) is 84.6 cm³/mol. The molecule has 0 spiro atoms. The van der Waals surface area contributed by atoms with E-state index in [2.05, 4.69) is 38.1 Å². The highest BCUT2D eigenvalue weighted by Gasteiger charge is 2.22. The van der Waals surface area contributed by atoms with Gasteiger partial charge in [-0.3, -0.25) is 9.36 Å². The number of aromatic nitrogens is 4. The quantitative estimate of drug-likeness (QED) is 0.708. The highest BCUT2D eigenvalue weighted by Crippen LogP contribution is 2.18. The van der Waals surface area contributed by atoms with Gasteiger partial charge in [0.05, 0.1) is 0 Å². The molecule has 0 saturated carbocycles. The third-order valence-electron chi connectivity index (χ3n) is 3.63. The molecule has 0 atom stereocenters. The van der Waals surface area contributed by atoms with E-state index in [4.69, 9.17) is 6.42 Å². The molecule has 1 aliphatic rings. The van der Waals surface area contributed by atoms with Crippen molar-refractivity contribution in [2.24, 2.45) is 7.05 Å². The number of nitrogens with one attached hydrogen (secondary N) is 1. The van der Waals surface area contributed by atoms with Crippen molar-refractivity contribution in [3.8, 4) is 24.3 Å². The molecule has 1 N–H and O–H groups in total. The van der Waals surface area contributed by atoms with Crippen LogP contribution in [0, 0.1) is 24.3 Å². The van der Waals surface area contributed by atoms with E-state index in [1.54, 1.807) is 18.5 Å². The third kappa shape index (κ3) is 2.12. The second kappa shape index (κ2) is 5.55. The Kier molecular flexibility index (Phi) is 3.58. The Hall–Kier alpha value is -2.77. The van der Waals surface area contributed by atoms with Crippen LogP contribution in [0.5, 0.6) is 0 Å². The molecule has 3 rings (SSSR count). The summed E-state index contributed by atoms with van der Waals surface area (Å²) in [6.07, 6.45) is 5.40. The molecule has 1 aliphatic heterocycles. The van der Waals surface area contributed by atoms with E-state index in [1.165, 1.54) is 4.57 Å². The second-order valence-corrected chi connectivity index (χ2v) is 4.96. The molecule has 1 saturated heterocycles. The van der Waals surface area contributed by atoms with Crippen LogP contribution < -0.4 is 15.8 Å². The minimum Gasteiger partial charge on any atom is -0.339 e. The summed E-state index contributed by atoms with van der Waals surface area (Å²) in [6.45, 7) is 5.06. The molecule has 7 heteroatoms. The Balaban J connectivity index is 2.31. The highest BCUT2D eigenvalue weighted by molar-refractivity contribution is 5.76. The van der Waals surface area contributed by atoms with Crippen LogP contribution in [0.15, 0.2) is 4.79 Å². The molecular formula is C15H16N6O. The van der Waals surface area contributed by atoms with Crippen molar-refractivity contribution in [2.45, 2.75) is 6.92 Å². The average molecular weight is 296 g/mol. The molecule has 22 heavy (non-hydrogen) atoms. The summed E-state index contributed by atoms with van der Waals surface area (Å²) in [6, 6.07) is 2.94. The largest absolute Gasteiger partial charge is 0.339 e. The van der Waals surface area contributed by atoms with Crippen LogP contribution in [-0.4, -0.2) is 45.3 Å². The van der Waals surface area contributed by atoms with E-state index in [-0.39, 0.29) is 11.4 Å². The van der Waals surface area contributed by atoms with Gasteiger partial charge >= 0.3 is 0 Å². The number of hydrogen-bond donors (Lipinski definition) is 1. The van der Waals surface area contributed by atoms with E-state index in [1.807, 2.05) is 0 Å². The summed E-state index contributed by atoms with van der Waals surface area (Å²) >= 11 is 0. The lowest BCUT2D eigenvalue weighted by Crippen LogP contribution is -2.44. The zero-order valence-corrected chi connectivity index (χ0v) is 12.6. The molecule has 2 aromatic rings. The summed E-state index contributed by atoms with van der Waals surface area (Å²) < 4.78 is 2.97. The van der Waals surface area contributed by atoms with Crippen LogP contribution in [0.4, 0.5) is 5.95 Å². The summed E-state index contributed by atoms with van der Waals surface area (Å²) in [5, 5.41) is 3.29. The molecule has 1 fully saturated rings. The number of hydrogen-bond acceptors (Lipinski definition) is 5. The van der Waals surface area contributed by atoms with Gasteiger partial charge in [-0.15, -0.1) is 6.42 Å². The lowest BCUT2D eigenvalue weighted by atomic mass is 10.4. The first-order valence-electron chi connectivity index (χ1n) is 7.02. The first kappa shape index (κ1) is 14.2. The van der Waals surface area contributed by atoms with E-state index in [0.717, 1.165) is 26.2 Å². The van der Waals surface area contributed by atoms with Crippen LogP contribution in [0.2, 0.25) is 0 Å². The molecule has 3 heterocycles. The van der Waals surface area contributed by atoms with Crippen molar-refractivity contribution >= 4 is 17.1 Å². The maximum absolute atomic E-state index is 12.6. The summed E-state index contributed by atoms with van der Waals surface area (Å²) in [5.74, 6) is 6.15. The minimum atomic E-state index is -0.241. The van der Waals surface area contributed by atoms with Gasteiger partial charge in [0, 0.05) is 39.3 Å². The number of anilines is 1. The van der Waals surface area contributed by atoms with Crippen molar-refractivity contribution in [1.29, 1.82) is 0 Å². The monoisotopic (exact) mass is 296 g/mol. The molecule has 7 nitrogen and oxygen atoms in total. The summed E-state index contributed by atoms with van der Waals surface area (Å²) in [4.78, 5) is 23.5. The molecular weight excluding hydrogens is 280 g/mol. The van der Waals surface area contributed by atoms with Crippen molar-refractivity contribution in [1.82, 2.24) is 24.4 Å². The van der Waals surface area contributed by atoms with E-state index < -0.39 is 0 Å². The molecule has 0 amide bonds. The SMILES string of the molecule is C#Cc1nc2nc(N3CCNCC3)n(C#CC)c2c(=O)n1C. The van der Waals surface area contributed by atoms with E-state index in [9.17, 15) is 4.79 Å². The molecule has 0 bridgehead atoms. The van der Waals surface area contributed by atoms with Crippen molar-refractivity contribution < 1.29 is 0 Å². The summed E-state index contributed by atoms with van der Waals surface area (Å²) in [5.41, 5.74) is 0.464. The Bertz CT molecular complexity index is 883. The number of imidazole rings is 1. The van der Waals surface area contributed by atoms with Gasteiger partial charge in [-0.2, -0.15) is 4.98 Å². The number of rotatable bonds is 1. The van der Waals surface area contributed by atoms with Gasteiger partial charge in [-0.1, -0.05) is 5.92 Å². The third-order valence-corrected chi connectivity index (χ3v) is 3.63. The normalized spacial score (nSPS) is 14.5. The van der Waals surface area contributed by atoms with Crippen molar-refractivity contribution in [3.05, 3.63) is 16.2 Å². The van der Waals surface area contributed by atoms with Gasteiger partial charge in [0.25, 0.3) is 5.56 Å². The van der Waals surface area contributed by atoms with Crippen LogP contribution >= 0.6 is 0 Å². The van der Waals surface area contributed by atoms with Gasteiger partial charge in [0.2, 0.25) is 5.95 Å². The highest BCUT2D eigenvalue weighted by atomic mass is 16.1. The standard InChI is InChI=1S/C15H16N6O/c1-4-8-21-12-13(17-11(5-2)19(3)14(12)22)18-15(21)20-9-6-16-7-10-20/h2,16H,6-7,9-10H2,1,3H3. The number of nitrogens with zero attached hydrogens (tertiary/aromatic N) is 5. The maximum Gasteiger partial charge on any atom is 0.281 e. The molecule has 0 radical (unpaired) electrons. The maximum atomic E-state index is 12.6. The van der Waals surface area contributed by atoms with Crippen LogP contribution in [0.1, 0.15) is 12.7 Å². The number of terminal acetylenes is 1. The zero-order chi connectivity index (χ0) is 15.7. The Morgan fingerprint density at radius 2 is 2.00 bits per heavy atom. The second-order valence-electron chi connectivity index (χ2n) is 4.96. The number of piperazine rings is 1. The van der Waals surface area contributed by atoms with Crippen molar-refractivity contribution in [2.75, 3.05) is 31.1 Å². The predicted octanol–water partition coefficient (Wildman–Crippen LogP) is -0.650. The Labute approximate surface area is 128 Å². The summed E-state index contributed by atoms with van der Waals surface area (Å²) in [7, 11) is 1.60. The average Bonchev–Trinajstić information content (AvgIpc) is 2.91. The fourth-order valence-electron chi connectivity index (χ4n) is 2.52. The molecule has 0 aliphatic carbocycles. The minimum absolute atomic E-state index is 0.241. The molecule has 112 valence electrons. The van der Waals surface area contributed by atoms with Gasteiger partial charge < -0.3 is 10.2 Å². The Morgan fingerprint density at radius 1 is 1.27 bits per heavy atom. The lowest BCUT2D eigenvalue weighted by molar-refractivity contribution is 0.579.